The highest BCUT2D eigenvalue weighted by molar-refractivity contribution is 6.42. The number of nitrogens with one attached hydrogen (secondary N) is 1. The third-order valence-corrected chi connectivity index (χ3v) is 3.16. The minimum atomic E-state index is -0.958. The van der Waals surface area contributed by atoms with Crippen molar-refractivity contribution < 1.29 is 14.7 Å². The van der Waals surface area contributed by atoms with Crippen LogP contribution in [0.5, 0.6) is 0 Å². The molecule has 104 valence electrons. The van der Waals surface area contributed by atoms with E-state index in [0.717, 1.165) is 5.56 Å². The number of carbonyl (C=O) groups is 2. The highest BCUT2D eigenvalue weighted by atomic mass is 35.5. The first-order chi connectivity index (χ1) is 8.69. The molecule has 4 nitrogen and oxygen atoms in total. The molecule has 0 atom stereocenters. The zero-order chi connectivity index (χ0) is 14.6. The van der Waals surface area contributed by atoms with Gasteiger partial charge in [-0.05, 0) is 31.5 Å². The number of aliphatic carboxylic acids is 1. The third kappa shape index (κ3) is 5.49. The summed E-state index contributed by atoms with van der Waals surface area (Å²) in [4.78, 5) is 22.5. The van der Waals surface area contributed by atoms with Crippen LogP contribution in [-0.4, -0.2) is 22.5 Å². The molecule has 0 saturated heterocycles. The van der Waals surface area contributed by atoms with E-state index in [1.807, 2.05) is 0 Å². The Hall–Kier alpha value is -1.26. The van der Waals surface area contributed by atoms with Gasteiger partial charge < -0.3 is 10.4 Å². The molecule has 0 aliphatic rings. The van der Waals surface area contributed by atoms with Crippen LogP contribution in [0.2, 0.25) is 10.0 Å². The zero-order valence-electron chi connectivity index (χ0n) is 10.7. The van der Waals surface area contributed by atoms with Crippen molar-refractivity contribution in [2.75, 3.05) is 0 Å². The maximum atomic E-state index is 11.8. The smallest absolute Gasteiger partial charge is 0.305 e. The van der Waals surface area contributed by atoms with Gasteiger partial charge in [0.15, 0.2) is 0 Å². The molecule has 0 aliphatic carbocycles. The Bertz CT molecular complexity index is 501. The Labute approximate surface area is 121 Å². The fourth-order valence-electron chi connectivity index (χ4n) is 1.68. The van der Waals surface area contributed by atoms with E-state index in [2.05, 4.69) is 5.32 Å². The lowest BCUT2D eigenvalue weighted by molar-refractivity contribution is -0.138. The van der Waals surface area contributed by atoms with Gasteiger partial charge in [0.25, 0.3) is 0 Å². The van der Waals surface area contributed by atoms with Crippen molar-refractivity contribution in [1.29, 1.82) is 0 Å². The molecule has 0 aliphatic heterocycles. The lowest BCUT2D eigenvalue weighted by atomic mass is 10.00. The second kappa shape index (κ2) is 6.26. The Kier molecular flexibility index (Phi) is 5.20. The summed E-state index contributed by atoms with van der Waals surface area (Å²) < 4.78 is 0. The topological polar surface area (TPSA) is 66.4 Å². The molecule has 0 spiro atoms. The van der Waals surface area contributed by atoms with Crippen molar-refractivity contribution in [2.24, 2.45) is 0 Å². The molecule has 0 fully saturated rings. The summed E-state index contributed by atoms with van der Waals surface area (Å²) in [5.41, 5.74) is -0.0721. The van der Waals surface area contributed by atoms with Gasteiger partial charge in [0.05, 0.1) is 22.9 Å². The van der Waals surface area contributed by atoms with Gasteiger partial charge in [0.2, 0.25) is 5.91 Å². The van der Waals surface area contributed by atoms with Gasteiger partial charge >= 0.3 is 5.97 Å². The van der Waals surface area contributed by atoms with Gasteiger partial charge in [-0.1, -0.05) is 29.3 Å². The zero-order valence-corrected chi connectivity index (χ0v) is 12.2. The summed E-state index contributed by atoms with van der Waals surface area (Å²) in [6, 6.07) is 4.94. The maximum Gasteiger partial charge on any atom is 0.305 e. The Balaban J connectivity index is 2.64. The van der Waals surface area contributed by atoms with Crippen molar-refractivity contribution in [2.45, 2.75) is 32.2 Å². The largest absolute Gasteiger partial charge is 0.481 e. The summed E-state index contributed by atoms with van der Waals surface area (Å²) >= 11 is 11.6. The van der Waals surface area contributed by atoms with Gasteiger partial charge in [-0.2, -0.15) is 0 Å². The van der Waals surface area contributed by atoms with Crippen molar-refractivity contribution in [3.05, 3.63) is 33.8 Å². The van der Waals surface area contributed by atoms with Crippen LogP contribution in [0, 0.1) is 0 Å². The molecule has 1 amide bonds. The van der Waals surface area contributed by atoms with Crippen LogP contribution in [0.15, 0.2) is 18.2 Å². The maximum absolute atomic E-state index is 11.8. The molecular weight excluding hydrogens is 289 g/mol. The van der Waals surface area contributed by atoms with Gasteiger partial charge in [-0.15, -0.1) is 0 Å². The molecule has 0 bridgehead atoms. The van der Waals surface area contributed by atoms with Gasteiger partial charge in [0.1, 0.15) is 0 Å². The standard InChI is InChI=1S/C13H15Cl2NO3/c1-13(2,7-12(18)19)16-11(17)6-8-3-4-9(14)10(15)5-8/h3-5H,6-7H2,1-2H3,(H,16,17)(H,18,19). The predicted molar refractivity (Wildman–Crippen MR) is 74.6 cm³/mol. The van der Waals surface area contributed by atoms with Crippen molar-refractivity contribution >= 4 is 35.1 Å². The SMILES string of the molecule is CC(C)(CC(=O)O)NC(=O)Cc1ccc(Cl)c(Cl)c1. The number of carboxylic acid groups (broad SMARTS) is 1. The molecular formula is C13H15Cl2NO3. The highest BCUT2D eigenvalue weighted by Gasteiger charge is 2.23. The quantitative estimate of drug-likeness (QED) is 0.879. The van der Waals surface area contributed by atoms with Gasteiger partial charge in [-0.3, -0.25) is 9.59 Å². The average Bonchev–Trinajstić information content (AvgIpc) is 2.20. The first-order valence-corrected chi connectivity index (χ1v) is 6.42. The minimum Gasteiger partial charge on any atom is -0.481 e. The first kappa shape index (κ1) is 15.8. The summed E-state index contributed by atoms with van der Waals surface area (Å²) in [6.45, 7) is 3.32. The van der Waals surface area contributed by atoms with E-state index in [4.69, 9.17) is 28.3 Å². The van der Waals surface area contributed by atoms with Gasteiger partial charge in [0, 0.05) is 5.54 Å². The van der Waals surface area contributed by atoms with Crippen molar-refractivity contribution in [1.82, 2.24) is 5.32 Å². The molecule has 0 heterocycles. The fraction of sp³-hybridized carbons (Fsp3) is 0.385. The number of halogens is 2. The highest BCUT2D eigenvalue weighted by Crippen LogP contribution is 2.22. The van der Waals surface area contributed by atoms with Crippen molar-refractivity contribution in [3.8, 4) is 0 Å². The van der Waals surface area contributed by atoms with E-state index in [1.165, 1.54) is 0 Å². The van der Waals surface area contributed by atoms with E-state index >= 15 is 0 Å². The lowest BCUT2D eigenvalue weighted by Gasteiger charge is -2.24. The van der Waals surface area contributed by atoms with Crippen LogP contribution in [0.4, 0.5) is 0 Å². The normalized spacial score (nSPS) is 11.2. The van der Waals surface area contributed by atoms with E-state index < -0.39 is 11.5 Å². The van der Waals surface area contributed by atoms with Crippen molar-refractivity contribution in [3.63, 3.8) is 0 Å². The molecule has 2 N–H and O–H groups in total. The number of rotatable bonds is 5. The van der Waals surface area contributed by atoms with Crippen LogP contribution in [0.25, 0.3) is 0 Å². The van der Waals surface area contributed by atoms with Crippen LogP contribution in [-0.2, 0) is 16.0 Å². The molecule has 1 rings (SSSR count). The summed E-state index contributed by atoms with van der Waals surface area (Å²) in [7, 11) is 0. The summed E-state index contributed by atoms with van der Waals surface area (Å²) in [6.07, 6.45) is -0.0138. The lowest BCUT2D eigenvalue weighted by Crippen LogP contribution is -2.45. The molecule has 19 heavy (non-hydrogen) atoms. The first-order valence-electron chi connectivity index (χ1n) is 5.66. The third-order valence-electron chi connectivity index (χ3n) is 2.42. The molecule has 6 heteroatoms. The Morgan fingerprint density at radius 3 is 2.42 bits per heavy atom. The van der Waals surface area contributed by atoms with E-state index in [0.29, 0.717) is 10.0 Å². The second-order valence-corrected chi connectivity index (χ2v) is 5.74. The van der Waals surface area contributed by atoms with E-state index in [1.54, 1.807) is 32.0 Å². The van der Waals surface area contributed by atoms with Crippen LogP contribution in [0.3, 0.4) is 0 Å². The fourth-order valence-corrected chi connectivity index (χ4v) is 2.00. The van der Waals surface area contributed by atoms with Gasteiger partial charge in [-0.25, -0.2) is 0 Å². The van der Waals surface area contributed by atoms with Crippen LogP contribution >= 0.6 is 23.2 Å². The monoisotopic (exact) mass is 303 g/mol. The molecule has 0 radical (unpaired) electrons. The minimum absolute atomic E-state index is 0.125. The number of carbonyl (C=O) groups excluding carboxylic acids is 1. The Morgan fingerprint density at radius 2 is 1.89 bits per heavy atom. The number of hydrogen-bond donors (Lipinski definition) is 2. The van der Waals surface area contributed by atoms with Crippen LogP contribution < -0.4 is 5.32 Å². The number of hydrogen-bond acceptors (Lipinski definition) is 2. The van der Waals surface area contributed by atoms with Crippen LogP contribution in [0.1, 0.15) is 25.8 Å². The molecule has 1 aromatic carbocycles. The Morgan fingerprint density at radius 1 is 1.26 bits per heavy atom. The van der Waals surface area contributed by atoms with E-state index in [9.17, 15) is 9.59 Å². The number of carboxylic acids is 1. The summed E-state index contributed by atoms with van der Waals surface area (Å²) in [5.74, 6) is -1.22. The molecule has 0 saturated carbocycles. The predicted octanol–water partition coefficient (Wildman–Crippen LogP) is 2.91. The van der Waals surface area contributed by atoms with E-state index in [-0.39, 0.29) is 18.7 Å². The molecule has 0 aromatic heterocycles. The molecule has 0 unspecified atom stereocenters. The second-order valence-electron chi connectivity index (χ2n) is 4.93. The number of amides is 1. The summed E-state index contributed by atoms with van der Waals surface area (Å²) in [5, 5.41) is 12.2. The number of benzene rings is 1. The average molecular weight is 304 g/mol. The molecule has 1 aromatic rings.